The van der Waals surface area contributed by atoms with Gasteiger partial charge in [-0.15, -0.1) is 5.10 Å². The number of carbonyl (C=O) groups excluding carboxylic acids is 1. The van der Waals surface area contributed by atoms with Gasteiger partial charge >= 0.3 is 5.69 Å². The topological polar surface area (TPSA) is 71.0 Å². The van der Waals surface area contributed by atoms with Crippen LogP contribution in [-0.4, -0.2) is 45.4 Å². The SMILES string of the molecule is CN(C)C(=O)CSc1n[nH]c(=O)n1Cc1ccccc1. The average Bonchev–Trinajstić information content (AvgIpc) is 2.78. The summed E-state index contributed by atoms with van der Waals surface area (Å²) in [4.78, 5) is 24.8. The lowest BCUT2D eigenvalue weighted by Crippen LogP contribution is -2.24. The second-order valence-corrected chi connectivity index (χ2v) is 5.40. The lowest BCUT2D eigenvalue weighted by Gasteiger charge is -2.09. The molecule has 0 saturated heterocycles. The van der Waals surface area contributed by atoms with Crippen molar-refractivity contribution in [3.05, 3.63) is 46.4 Å². The van der Waals surface area contributed by atoms with Gasteiger partial charge in [0.05, 0.1) is 12.3 Å². The van der Waals surface area contributed by atoms with Gasteiger partial charge in [-0.2, -0.15) is 0 Å². The molecule has 0 fully saturated rings. The van der Waals surface area contributed by atoms with Gasteiger partial charge in [-0.05, 0) is 5.56 Å². The molecule has 0 saturated carbocycles. The van der Waals surface area contributed by atoms with Crippen LogP contribution in [0.3, 0.4) is 0 Å². The second-order valence-electron chi connectivity index (χ2n) is 4.46. The van der Waals surface area contributed by atoms with E-state index in [0.29, 0.717) is 11.7 Å². The van der Waals surface area contributed by atoms with Gasteiger partial charge in [0.2, 0.25) is 5.91 Å². The summed E-state index contributed by atoms with van der Waals surface area (Å²) >= 11 is 1.25. The van der Waals surface area contributed by atoms with E-state index >= 15 is 0 Å². The first-order chi connectivity index (χ1) is 9.58. The summed E-state index contributed by atoms with van der Waals surface area (Å²) in [6.07, 6.45) is 0. The minimum absolute atomic E-state index is 0.0169. The van der Waals surface area contributed by atoms with Crippen molar-refractivity contribution in [3.8, 4) is 0 Å². The van der Waals surface area contributed by atoms with Crippen LogP contribution in [0.25, 0.3) is 0 Å². The van der Waals surface area contributed by atoms with Crippen molar-refractivity contribution in [2.24, 2.45) is 0 Å². The Morgan fingerprint density at radius 1 is 1.35 bits per heavy atom. The Morgan fingerprint density at radius 2 is 2.05 bits per heavy atom. The highest BCUT2D eigenvalue weighted by Crippen LogP contribution is 2.14. The van der Waals surface area contributed by atoms with Crippen molar-refractivity contribution in [2.45, 2.75) is 11.7 Å². The number of nitrogens with one attached hydrogen (secondary N) is 1. The molecule has 1 aromatic carbocycles. The molecular weight excluding hydrogens is 276 g/mol. The predicted molar refractivity (Wildman–Crippen MR) is 77.8 cm³/mol. The zero-order valence-corrected chi connectivity index (χ0v) is 12.2. The van der Waals surface area contributed by atoms with Gasteiger partial charge < -0.3 is 4.90 Å². The maximum atomic E-state index is 11.8. The standard InChI is InChI=1S/C13H16N4O2S/c1-16(2)11(18)9-20-13-15-14-12(19)17(13)8-10-6-4-3-5-7-10/h3-7H,8-9H2,1-2H3,(H,14,19). The Labute approximate surface area is 120 Å². The first-order valence-electron chi connectivity index (χ1n) is 6.10. The first-order valence-corrected chi connectivity index (χ1v) is 7.08. The molecule has 0 radical (unpaired) electrons. The Kier molecular flexibility index (Phi) is 4.62. The van der Waals surface area contributed by atoms with Crippen molar-refractivity contribution in [2.75, 3.05) is 19.8 Å². The molecule has 20 heavy (non-hydrogen) atoms. The average molecular weight is 292 g/mol. The largest absolute Gasteiger partial charge is 0.348 e. The van der Waals surface area contributed by atoms with Crippen molar-refractivity contribution in [3.63, 3.8) is 0 Å². The number of rotatable bonds is 5. The van der Waals surface area contributed by atoms with Crippen LogP contribution in [0, 0.1) is 0 Å². The molecule has 1 heterocycles. The third-order valence-electron chi connectivity index (χ3n) is 2.73. The molecule has 106 valence electrons. The molecule has 0 aliphatic heterocycles. The molecule has 0 aliphatic rings. The second kappa shape index (κ2) is 6.42. The monoisotopic (exact) mass is 292 g/mol. The molecule has 0 spiro atoms. The number of aromatic amines is 1. The van der Waals surface area contributed by atoms with Crippen LogP contribution in [-0.2, 0) is 11.3 Å². The highest BCUT2D eigenvalue weighted by Gasteiger charge is 2.12. The van der Waals surface area contributed by atoms with Crippen LogP contribution in [0.2, 0.25) is 0 Å². The number of aromatic nitrogens is 3. The Bertz CT molecular complexity index is 633. The number of hydrogen-bond acceptors (Lipinski definition) is 4. The van der Waals surface area contributed by atoms with Gasteiger partial charge in [0.25, 0.3) is 0 Å². The maximum absolute atomic E-state index is 11.8. The van der Waals surface area contributed by atoms with E-state index in [9.17, 15) is 9.59 Å². The van der Waals surface area contributed by atoms with Crippen molar-refractivity contribution in [1.82, 2.24) is 19.7 Å². The van der Waals surface area contributed by atoms with Crippen molar-refractivity contribution < 1.29 is 4.79 Å². The zero-order valence-electron chi connectivity index (χ0n) is 11.4. The van der Waals surface area contributed by atoms with E-state index in [1.54, 1.807) is 14.1 Å². The molecule has 6 nitrogen and oxygen atoms in total. The van der Waals surface area contributed by atoms with E-state index in [2.05, 4.69) is 10.2 Å². The summed E-state index contributed by atoms with van der Waals surface area (Å²) < 4.78 is 1.53. The lowest BCUT2D eigenvalue weighted by molar-refractivity contribution is -0.125. The number of thioether (sulfide) groups is 1. The molecule has 2 aromatic rings. The highest BCUT2D eigenvalue weighted by molar-refractivity contribution is 7.99. The minimum Gasteiger partial charge on any atom is -0.348 e. The Balaban J connectivity index is 2.12. The third-order valence-corrected chi connectivity index (χ3v) is 3.69. The number of hydrogen-bond donors (Lipinski definition) is 1. The number of amides is 1. The molecule has 0 bridgehead atoms. The molecule has 2 rings (SSSR count). The van der Waals surface area contributed by atoms with Crippen LogP contribution in [0.15, 0.2) is 40.3 Å². The summed E-state index contributed by atoms with van der Waals surface area (Å²) in [5.41, 5.74) is 0.741. The summed E-state index contributed by atoms with van der Waals surface area (Å²) in [6, 6.07) is 9.65. The fourth-order valence-corrected chi connectivity index (χ4v) is 2.50. The Morgan fingerprint density at radius 3 is 2.70 bits per heavy atom. The van der Waals surface area contributed by atoms with E-state index in [4.69, 9.17) is 0 Å². The molecule has 1 aromatic heterocycles. The fourth-order valence-electron chi connectivity index (χ4n) is 1.57. The van der Waals surface area contributed by atoms with Gasteiger partial charge in [0.15, 0.2) is 5.16 Å². The van der Waals surface area contributed by atoms with E-state index in [1.807, 2.05) is 30.3 Å². The highest BCUT2D eigenvalue weighted by atomic mass is 32.2. The van der Waals surface area contributed by atoms with Crippen LogP contribution < -0.4 is 5.69 Å². The zero-order chi connectivity index (χ0) is 14.5. The van der Waals surface area contributed by atoms with Gasteiger partial charge in [-0.1, -0.05) is 42.1 Å². The van der Waals surface area contributed by atoms with Gasteiger partial charge in [-0.3, -0.25) is 9.36 Å². The van der Waals surface area contributed by atoms with E-state index in [1.165, 1.54) is 21.2 Å². The molecule has 7 heteroatoms. The number of carbonyl (C=O) groups is 1. The predicted octanol–water partition coefficient (Wildman–Crippen LogP) is 0.800. The van der Waals surface area contributed by atoms with Crippen LogP contribution in [0.5, 0.6) is 0 Å². The smallest absolute Gasteiger partial charge is 0.344 e. The summed E-state index contributed by atoms with van der Waals surface area (Å²) in [6.45, 7) is 0.439. The minimum atomic E-state index is -0.270. The number of benzene rings is 1. The molecule has 0 unspecified atom stereocenters. The van der Waals surface area contributed by atoms with Crippen molar-refractivity contribution in [1.29, 1.82) is 0 Å². The van der Waals surface area contributed by atoms with E-state index in [0.717, 1.165) is 5.56 Å². The molecule has 1 amide bonds. The van der Waals surface area contributed by atoms with Crippen LogP contribution in [0.4, 0.5) is 0 Å². The van der Waals surface area contributed by atoms with E-state index < -0.39 is 0 Å². The summed E-state index contributed by atoms with van der Waals surface area (Å²) in [5.74, 6) is 0.239. The Hall–Kier alpha value is -2.02. The van der Waals surface area contributed by atoms with Gasteiger partial charge in [-0.25, -0.2) is 9.89 Å². The molecular formula is C13H16N4O2S. The van der Waals surface area contributed by atoms with Gasteiger partial charge in [0.1, 0.15) is 0 Å². The third kappa shape index (κ3) is 3.51. The van der Waals surface area contributed by atoms with Crippen LogP contribution >= 0.6 is 11.8 Å². The van der Waals surface area contributed by atoms with E-state index in [-0.39, 0.29) is 17.3 Å². The summed E-state index contributed by atoms with van der Waals surface area (Å²) in [7, 11) is 3.40. The first kappa shape index (κ1) is 14.4. The fraction of sp³-hybridized carbons (Fsp3) is 0.308. The van der Waals surface area contributed by atoms with Crippen molar-refractivity contribution >= 4 is 17.7 Å². The summed E-state index contributed by atoms with van der Waals surface area (Å²) in [5, 5.41) is 6.91. The molecule has 1 N–H and O–H groups in total. The van der Waals surface area contributed by atoms with Crippen LogP contribution in [0.1, 0.15) is 5.56 Å². The van der Waals surface area contributed by atoms with Gasteiger partial charge in [0, 0.05) is 14.1 Å². The lowest BCUT2D eigenvalue weighted by atomic mass is 10.2. The molecule has 0 atom stereocenters. The number of nitrogens with zero attached hydrogens (tertiary/aromatic N) is 3. The maximum Gasteiger partial charge on any atom is 0.344 e. The quantitative estimate of drug-likeness (QED) is 0.828. The number of H-pyrrole nitrogens is 1. The molecule has 0 aliphatic carbocycles. The normalized spacial score (nSPS) is 10.5.